The fourth-order valence-electron chi connectivity index (χ4n) is 7.22. The van der Waals surface area contributed by atoms with E-state index >= 15 is 8.78 Å². The summed E-state index contributed by atoms with van der Waals surface area (Å²) in [5.74, 6) is 2.53. The largest absolute Gasteiger partial charge is 0.378 e. The molecule has 0 aliphatic heterocycles. The zero-order valence-electron chi connectivity index (χ0n) is 30.8. The summed E-state index contributed by atoms with van der Waals surface area (Å²) in [6.07, 6.45) is -3.22. The molecule has 0 saturated heterocycles. The van der Waals surface area contributed by atoms with E-state index in [-0.39, 0.29) is 59.5 Å². The Morgan fingerprint density at radius 3 is 2.46 bits per heavy atom. The van der Waals surface area contributed by atoms with E-state index < -0.39 is 64.8 Å². The predicted octanol–water partition coefficient (Wildman–Crippen LogP) is 6.80. The lowest BCUT2D eigenvalue weighted by Crippen LogP contribution is -2.32. The van der Waals surface area contributed by atoms with Crippen molar-refractivity contribution in [2.45, 2.75) is 56.7 Å². The Morgan fingerprint density at radius 1 is 1.09 bits per heavy atom. The lowest BCUT2D eigenvalue weighted by atomic mass is 9.84. The molecule has 296 valence electrons. The summed E-state index contributed by atoms with van der Waals surface area (Å²) >= 11 is 6.68. The van der Waals surface area contributed by atoms with Gasteiger partial charge in [0.05, 0.1) is 40.1 Å². The van der Waals surface area contributed by atoms with Crippen molar-refractivity contribution < 1.29 is 41.0 Å². The Balaban J connectivity index is 1.35. The van der Waals surface area contributed by atoms with E-state index in [0.29, 0.717) is 28.1 Å². The number of carbonyl (C=O) groups excluding carboxylic acids is 1. The summed E-state index contributed by atoms with van der Waals surface area (Å²) in [5, 5.41) is 25.3. The molecule has 17 heteroatoms. The number of aliphatic hydroxyl groups is 1. The van der Waals surface area contributed by atoms with Gasteiger partial charge in [0, 0.05) is 43.5 Å². The molecule has 3 atom stereocenters. The number of fused-ring (bicyclic) bond motifs is 4. The quantitative estimate of drug-likeness (QED) is 0.0938. The van der Waals surface area contributed by atoms with Gasteiger partial charge in [-0.1, -0.05) is 35.4 Å². The molecule has 1 amide bonds. The zero-order chi connectivity index (χ0) is 41.0. The van der Waals surface area contributed by atoms with Gasteiger partial charge >= 0.3 is 5.92 Å². The number of anilines is 1. The highest BCUT2D eigenvalue weighted by atomic mass is 35.5. The third kappa shape index (κ3) is 7.70. The highest BCUT2D eigenvalue weighted by Gasteiger charge is 2.60. The molecule has 3 heterocycles. The Morgan fingerprint density at radius 2 is 1.81 bits per heavy atom. The number of benzene rings is 2. The Kier molecular flexibility index (Phi) is 10.6. The van der Waals surface area contributed by atoms with E-state index in [1.54, 1.807) is 31.3 Å². The van der Waals surface area contributed by atoms with E-state index in [4.69, 9.17) is 21.3 Å². The number of hydrogen-bond donors (Lipinski definition) is 3. The maximum absolute atomic E-state index is 15.5. The summed E-state index contributed by atoms with van der Waals surface area (Å²) < 4.78 is 95.8. The standard InChI is InChI=1S/C40H34ClF6N7O3/c1-39(2,56)12-11-23-5-6-24(25-8-10-28(41)32-35(25)53(3)52-38(32)50-30(55)19-57-4)33(49-23)29(17-20-15-21(42)18-22(43)16-20)48-13-14-54-36-31(34(51-54)37(44)45)26-7-9-27(26)40(36,46)47/h5-6,8,10,15-16,18,26-27,29,37,48,56H,13-14,17,19H2,1-4H3,(H,50,52,55). The lowest BCUT2D eigenvalue weighted by molar-refractivity contribution is -0.119. The highest BCUT2D eigenvalue weighted by Crippen LogP contribution is 2.57. The summed E-state index contributed by atoms with van der Waals surface area (Å²) in [7, 11) is 3.00. The van der Waals surface area contributed by atoms with Gasteiger partial charge in [-0.05, 0) is 62.1 Å². The molecule has 2 aromatic carbocycles. The van der Waals surface area contributed by atoms with Gasteiger partial charge < -0.3 is 20.5 Å². The summed E-state index contributed by atoms with van der Waals surface area (Å²) in [4.78, 5) is 17.4. The smallest absolute Gasteiger partial charge is 0.304 e. The molecule has 0 spiro atoms. The van der Waals surface area contributed by atoms with Crippen molar-refractivity contribution in [2.75, 3.05) is 25.6 Å². The maximum Gasteiger partial charge on any atom is 0.304 e. The van der Waals surface area contributed by atoms with Crippen LogP contribution in [0.15, 0.2) is 42.5 Å². The van der Waals surface area contributed by atoms with Crippen LogP contribution in [-0.2, 0) is 35.5 Å². The van der Waals surface area contributed by atoms with Crippen LogP contribution in [0.4, 0.5) is 32.2 Å². The van der Waals surface area contributed by atoms with Crippen LogP contribution in [0, 0.1) is 41.2 Å². The van der Waals surface area contributed by atoms with Crippen LogP contribution < -0.4 is 10.6 Å². The molecule has 10 nitrogen and oxygen atoms in total. The van der Waals surface area contributed by atoms with E-state index in [9.17, 15) is 27.5 Å². The zero-order valence-corrected chi connectivity index (χ0v) is 31.6. The van der Waals surface area contributed by atoms with Crippen molar-refractivity contribution in [1.29, 1.82) is 0 Å². The molecule has 7 rings (SSSR count). The van der Waals surface area contributed by atoms with Crippen molar-refractivity contribution in [3.8, 4) is 34.8 Å². The topological polar surface area (TPSA) is 119 Å². The molecule has 0 saturated carbocycles. The number of nitrogens with one attached hydrogen (secondary N) is 2. The number of carbonyl (C=O) groups is 1. The van der Waals surface area contributed by atoms with Crippen molar-refractivity contribution in [1.82, 2.24) is 29.9 Å². The summed E-state index contributed by atoms with van der Waals surface area (Å²) in [6, 6.07) is 8.64. The van der Waals surface area contributed by atoms with Crippen LogP contribution in [0.1, 0.15) is 66.1 Å². The summed E-state index contributed by atoms with van der Waals surface area (Å²) in [6.45, 7) is 2.27. The molecule has 5 aromatic rings. The lowest BCUT2D eigenvalue weighted by Gasteiger charge is -2.24. The molecule has 0 bridgehead atoms. The number of methoxy groups -OCH3 is 1. The van der Waals surface area contributed by atoms with Gasteiger partial charge in [0.1, 0.15) is 46.8 Å². The van der Waals surface area contributed by atoms with Crippen molar-refractivity contribution in [2.24, 2.45) is 13.0 Å². The van der Waals surface area contributed by atoms with Crippen molar-refractivity contribution in [3.05, 3.63) is 93.0 Å². The van der Waals surface area contributed by atoms with Crippen LogP contribution in [0.2, 0.25) is 5.02 Å². The van der Waals surface area contributed by atoms with Crippen molar-refractivity contribution in [3.63, 3.8) is 0 Å². The minimum atomic E-state index is -3.52. The third-order valence-electron chi connectivity index (χ3n) is 9.56. The van der Waals surface area contributed by atoms with E-state index in [0.717, 1.165) is 16.8 Å². The van der Waals surface area contributed by atoms with Gasteiger partial charge in [0.15, 0.2) is 5.82 Å². The number of nitrogens with zero attached hydrogens (tertiary/aromatic N) is 5. The average molecular weight is 810 g/mol. The number of halogens is 7. The normalized spacial score (nSPS) is 17.0. The molecule has 2 aliphatic carbocycles. The number of ether oxygens (including phenoxy) is 1. The molecular formula is C40H34ClF6N7O3. The number of aryl methyl sites for hydroxylation is 1. The number of pyridine rings is 1. The number of amides is 1. The SMILES string of the molecule is COCC(=O)Nc1nn(C)c2c(-c3ccc(C#CC(C)(C)O)nc3C(Cc3cc(F)cc(F)c3)NCCn3nc(C(F)F)c4c3C(F)(F)C3C#CC43)ccc(Cl)c12. The first-order valence-corrected chi connectivity index (χ1v) is 18.0. The van der Waals surface area contributed by atoms with Gasteiger partial charge in [-0.25, -0.2) is 22.5 Å². The summed E-state index contributed by atoms with van der Waals surface area (Å²) in [5.41, 5.74) is -0.916. The minimum Gasteiger partial charge on any atom is -0.378 e. The second kappa shape index (κ2) is 15.2. The number of alkyl halides is 4. The first-order chi connectivity index (χ1) is 27.0. The molecule has 57 heavy (non-hydrogen) atoms. The molecule has 0 fully saturated rings. The maximum atomic E-state index is 15.5. The van der Waals surface area contributed by atoms with Crippen LogP contribution in [0.3, 0.4) is 0 Å². The van der Waals surface area contributed by atoms with Gasteiger partial charge in [0.2, 0.25) is 0 Å². The Labute approximate surface area is 327 Å². The van der Waals surface area contributed by atoms with Gasteiger partial charge in [-0.3, -0.25) is 14.2 Å². The van der Waals surface area contributed by atoms with Crippen LogP contribution in [0.25, 0.3) is 22.0 Å². The second-order valence-electron chi connectivity index (χ2n) is 14.2. The van der Waals surface area contributed by atoms with Crippen molar-refractivity contribution >= 4 is 34.2 Å². The molecular weight excluding hydrogens is 776 g/mol. The van der Waals surface area contributed by atoms with Gasteiger partial charge in [-0.2, -0.15) is 19.0 Å². The van der Waals surface area contributed by atoms with Crippen LogP contribution in [0.5, 0.6) is 0 Å². The average Bonchev–Trinajstić information content (AvgIpc) is 3.68. The fourth-order valence-corrected chi connectivity index (χ4v) is 7.47. The highest BCUT2D eigenvalue weighted by molar-refractivity contribution is 6.37. The molecule has 3 unspecified atom stereocenters. The van der Waals surface area contributed by atoms with Crippen LogP contribution in [-0.4, -0.2) is 61.4 Å². The molecule has 0 radical (unpaired) electrons. The molecule has 3 N–H and O–H groups in total. The fraction of sp³-hybridized carbons (Fsp3) is 0.350. The van der Waals surface area contributed by atoms with Gasteiger partial charge in [0.25, 0.3) is 12.3 Å². The van der Waals surface area contributed by atoms with E-state index in [2.05, 4.69) is 44.5 Å². The molecule has 3 aromatic heterocycles. The monoisotopic (exact) mass is 809 g/mol. The molecule has 2 aliphatic rings. The first kappa shape index (κ1) is 39.8. The van der Waals surface area contributed by atoms with Gasteiger partial charge in [-0.15, -0.1) is 0 Å². The Hall–Kier alpha value is -5.39. The minimum absolute atomic E-state index is 0.106. The Bertz CT molecular complexity index is 2520. The van der Waals surface area contributed by atoms with E-state index in [1.807, 2.05) is 0 Å². The third-order valence-corrected chi connectivity index (χ3v) is 9.87. The van der Waals surface area contributed by atoms with Crippen LogP contribution >= 0.6 is 11.6 Å². The van der Waals surface area contributed by atoms with E-state index in [1.165, 1.54) is 25.6 Å². The first-order valence-electron chi connectivity index (χ1n) is 17.6. The number of rotatable bonds is 12. The second-order valence-corrected chi connectivity index (χ2v) is 14.6. The number of hydrogen-bond acceptors (Lipinski definition) is 7. The predicted molar refractivity (Wildman–Crippen MR) is 199 cm³/mol. The number of aromatic nitrogens is 5.